The summed E-state index contributed by atoms with van der Waals surface area (Å²) >= 11 is 1.80. The molecule has 110 valence electrons. The first-order valence-corrected chi connectivity index (χ1v) is 8.13. The van der Waals surface area contributed by atoms with Crippen LogP contribution < -0.4 is 5.32 Å². The molecule has 1 aromatic rings. The van der Waals surface area contributed by atoms with E-state index in [1.165, 1.54) is 4.90 Å². The van der Waals surface area contributed by atoms with Crippen molar-refractivity contribution >= 4 is 17.8 Å². The van der Waals surface area contributed by atoms with Gasteiger partial charge in [-0.25, -0.2) is 4.79 Å². The van der Waals surface area contributed by atoms with Crippen LogP contribution >= 0.6 is 11.8 Å². The summed E-state index contributed by atoms with van der Waals surface area (Å²) in [4.78, 5) is 15.0. The van der Waals surface area contributed by atoms with Gasteiger partial charge in [0.15, 0.2) is 0 Å². The molecule has 1 heterocycles. The molecule has 5 heteroatoms. The van der Waals surface area contributed by atoms with E-state index in [-0.39, 0.29) is 18.7 Å². The number of likely N-dealkylation sites (tertiary alicyclic amines) is 1. The zero-order valence-electron chi connectivity index (χ0n) is 11.6. The van der Waals surface area contributed by atoms with E-state index in [2.05, 4.69) is 17.4 Å². The lowest BCUT2D eigenvalue weighted by atomic mass is 10.2. The summed E-state index contributed by atoms with van der Waals surface area (Å²) in [7, 11) is 0. The van der Waals surface area contributed by atoms with Gasteiger partial charge in [-0.05, 0) is 37.1 Å². The highest BCUT2D eigenvalue weighted by molar-refractivity contribution is 7.99. The summed E-state index contributed by atoms with van der Waals surface area (Å²) in [6.45, 7) is 1.51. The van der Waals surface area contributed by atoms with Crippen LogP contribution in [0.3, 0.4) is 0 Å². The molecule has 2 rings (SSSR count). The van der Waals surface area contributed by atoms with Gasteiger partial charge in [0.25, 0.3) is 0 Å². The fraction of sp³-hybridized carbons (Fsp3) is 0.533. The standard InChI is InChI=1S/C15H22N2O2S/c18-12-13-6-4-10-17(13)15(19)16-9-5-11-20-14-7-2-1-3-8-14/h1-3,7-8,13,18H,4-6,9-12H2,(H,16,19)/t13-/m0/s1. The lowest BCUT2D eigenvalue weighted by Crippen LogP contribution is -2.44. The Morgan fingerprint density at radius 1 is 1.40 bits per heavy atom. The molecule has 2 amide bonds. The first-order valence-electron chi connectivity index (χ1n) is 7.14. The number of aliphatic hydroxyl groups excluding tert-OH is 1. The molecule has 0 spiro atoms. The van der Waals surface area contributed by atoms with Crippen LogP contribution in [0, 0.1) is 0 Å². The molecule has 1 saturated heterocycles. The number of hydrogen-bond acceptors (Lipinski definition) is 3. The van der Waals surface area contributed by atoms with Crippen LogP contribution in [0.15, 0.2) is 35.2 Å². The molecular formula is C15H22N2O2S. The van der Waals surface area contributed by atoms with Gasteiger partial charge in [-0.15, -0.1) is 11.8 Å². The maximum Gasteiger partial charge on any atom is 0.317 e. The van der Waals surface area contributed by atoms with Crippen molar-refractivity contribution in [2.75, 3.05) is 25.4 Å². The summed E-state index contributed by atoms with van der Waals surface area (Å²) in [6.07, 6.45) is 2.85. The second-order valence-electron chi connectivity index (χ2n) is 4.92. The molecule has 20 heavy (non-hydrogen) atoms. The smallest absolute Gasteiger partial charge is 0.317 e. The summed E-state index contributed by atoms with van der Waals surface area (Å²) in [5, 5.41) is 12.1. The monoisotopic (exact) mass is 294 g/mol. The summed E-state index contributed by atoms with van der Waals surface area (Å²) < 4.78 is 0. The quantitative estimate of drug-likeness (QED) is 0.625. The lowest BCUT2D eigenvalue weighted by molar-refractivity contribution is 0.157. The van der Waals surface area contributed by atoms with Crippen molar-refractivity contribution in [3.8, 4) is 0 Å². The van der Waals surface area contributed by atoms with E-state index < -0.39 is 0 Å². The summed E-state index contributed by atoms with van der Waals surface area (Å²) in [6, 6.07) is 10.2. The van der Waals surface area contributed by atoms with Crippen molar-refractivity contribution < 1.29 is 9.90 Å². The van der Waals surface area contributed by atoms with Crippen LogP contribution in [-0.2, 0) is 0 Å². The normalized spacial score (nSPS) is 18.2. The number of hydrogen-bond donors (Lipinski definition) is 2. The SMILES string of the molecule is O=C(NCCCSc1ccccc1)N1CCC[C@H]1CO. The van der Waals surface area contributed by atoms with Gasteiger partial charge in [0.05, 0.1) is 12.6 Å². The van der Waals surface area contributed by atoms with Crippen molar-refractivity contribution in [1.29, 1.82) is 0 Å². The highest BCUT2D eigenvalue weighted by Gasteiger charge is 2.27. The maximum atomic E-state index is 11.9. The Bertz CT molecular complexity index is 414. The van der Waals surface area contributed by atoms with Gasteiger partial charge in [-0.3, -0.25) is 0 Å². The molecule has 0 bridgehead atoms. The molecule has 0 aromatic heterocycles. The Labute approximate surface area is 124 Å². The summed E-state index contributed by atoms with van der Waals surface area (Å²) in [5.74, 6) is 0.994. The molecule has 1 fully saturated rings. The van der Waals surface area contributed by atoms with Crippen LogP contribution in [0.25, 0.3) is 0 Å². The molecule has 0 saturated carbocycles. The van der Waals surface area contributed by atoms with E-state index in [0.29, 0.717) is 6.54 Å². The number of aliphatic hydroxyl groups is 1. The molecule has 1 aliphatic heterocycles. The molecule has 0 radical (unpaired) electrons. The Balaban J connectivity index is 1.60. The number of carbonyl (C=O) groups excluding carboxylic acids is 1. The third kappa shape index (κ3) is 4.42. The largest absolute Gasteiger partial charge is 0.394 e. The predicted octanol–water partition coefficient (Wildman–Crippen LogP) is 2.34. The van der Waals surface area contributed by atoms with Gasteiger partial charge in [0.1, 0.15) is 0 Å². The van der Waals surface area contributed by atoms with Crippen LogP contribution in [0.5, 0.6) is 0 Å². The number of amides is 2. The van der Waals surface area contributed by atoms with Crippen molar-refractivity contribution in [3.05, 3.63) is 30.3 Å². The lowest BCUT2D eigenvalue weighted by Gasteiger charge is -2.23. The van der Waals surface area contributed by atoms with E-state index >= 15 is 0 Å². The van der Waals surface area contributed by atoms with Crippen LogP contribution in [0.2, 0.25) is 0 Å². The van der Waals surface area contributed by atoms with Crippen molar-refractivity contribution in [1.82, 2.24) is 10.2 Å². The summed E-state index contributed by atoms with van der Waals surface area (Å²) in [5.41, 5.74) is 0. The van der Waals surface area contributed by atoms with Crippen LogP contribution in [-0.4, -0.2) is 47.5 Å². The Morgan fingerprint density at radius 3 is 2.95 bits per heavy atom. The fourth-order valence-corrected chi connectivity index (χ4v) is 3.24. The van der Waals surface area contributed by atoms with E-state index in [1.54, 1.807) is 16.7 Å². The zero-order chi connectivity index (χ0) is 14.2. The van der Waals surface area contributed by atoms with E-state index in [4.69, 9.17) is 0 Å². The van der Waals surface area contributed by atoms with Crippen molar-refractivity contribution in [2.24, 2.45) is 0 Å². The highest BCUT2D eigenvalue weighted by atomic mass is 32.2. The first-order chi connectivity index (χ1) is 9.81. The number of nitrogens with zero attached hydrogens (tertiary/aromatic N) is 1. The molecular weight excluding hydrogens is 272 g/mol. The third-order valence-electron chi connectivity index (χ3n) is 3.46. The molecule has 1 aliphatic rings. The molecule has 1 atom stereocenters. The van der Waals surface area contributed by atoms with E-state index in [0.717, 1.165) is 31.6 Å². The number of thioether (sulfide) groups is 1. The first kappa shape index (κ1) is 15.2. The second kappa shape index (κ2) is 8.17. The molecule has 4 nitrogen and oxygen atoms in total. The number of urea groups is 1. The highest BCUT2D eigenvalue weighted by Crippen LogP contribution is 2.18. The Kier molecular flexibility index (Phi) is 6.21. The third-order valence-corrected chi connectivity index (χ3v) is 4.56. The molecule has 0 aliphatic carbocycles. The number of rotatable bonds is 6. The van der Waals surface area contributed by atoms with Crippen LogP contribution in [0.1, 0.15) is 19.3 Å². The minimum atomic E-state index is -0.0359. The minimum absolute atomic E-state index is 0.00805. The fourth-order valence-electron chi connectivity index (χ4n) is 2.37. The molecule has 2 N–H and O–H groups in total. The van der Waals surface area contributed by atoms with Crippen molar-refractivity contribution in [3.63, 3.8) is 0 Å². The van der Waals surface area contributed by atoms with E-state index in [1.807, 2.05) is 18.2 Å². The van der Waals surface area contributed by atoms with Gasteiger partial charge >= 0.3 is 6.03 Å². The van der Waals surface area contributed by atoms with Gasteiger partial charge in [0, 0.05) is 18.0 Å². The average Bonchev–Trinajstić information content (AvgIpc) is 2.96. The number of carbonyl (C=O) groups is 1. The average molecular weight is 294 g/mol. The number of nitrogens with one attached hydrogen (secondary N) is 1. The van der Waals surface area contributed by atoms with Crippen LogP contribution in [0.4, 0.5) is 4.79 Å². The van der Waals surface area contributed by atoms with Gasteiger partial charge in [-0.1, -0.05) is 18.2 Å². The van der Waals surface area contributed by atoms with Gasteiger partial charge in [0.2, 0.25) is 0 Å². The Morgan fingerprint density at radius 2 is 2.20 bits per heavy atom. The number of benzene rings is 1. The van der Waals surface area contributed by atoms with Gasteiger partial charge < -0.3 is 15.3 Å². The molecule has 1 aromatic carbocycles. The minimum Gasteiger partial charge on any atom is -0.394 e. The Hall–Kier alpha value is -1.20. The topological polar surface area (TPSA) is 52.6 Å². The maximum absolute atomic E-state index is 11.9. The zero-order valence-corrected chi connectivity index (χ0v) is 12.4. The van der Waals surface area contributed by atoms with E-state index in [9.17, 15) is 9.90 Å². The second-order valence-corrected chi connectivity index (χ2v) is 6.09. The predicted molar refractivity (Wildman–Crippen MR) is 82.0 cm³/mol. The molecule has 0 unspecified atom stereocenters. The van der Waals surface area contributed by atoms with Gasteiger partial charge in [-0.2, -0.15) is 0 Å². The van der Waals surface area contributed by atoms with Crippen molar-refractivity contribution in [2.45, 2.75) is 30.2 Å².